The summed E-state index contributed by atoms with van der Waals surface area (Å²) in [4.78, 5) is 19.9. The molecule has 0 atom stereocenters. The van der Waals surface area contributed by atoms with Gasteiger partial charge >= 0.3 is 0 Å². The Labute approximate surface area is 217 Å². The minimum atomic E-state index is -0.0666. The van der Waals surface area contributed by atoms with Gasteiger partial charge in [0.15, 0.2) is 0 Å². The molecule has 4 nitrogen and oxygen atoms in total. The Kier molecular flexibility index (Phi) is 7.19. The molecule has 36 heavy (non-hydrogen) atoms. The van der Waals surface area contributed by atoms with E-state index in [-0.39, 0.29) is 5.91 Å². The van der Waals surface area contributed by atoms with Crippen LogP contribution in [0.1, 0.15) is 63.2 Å². The van der Waals surface area contributed by atoms with E-state index in [1.807, 2.05) is 42.6 Å². The van der Waals surface area contributed by atoms with Gasteiger partial charge in [-0.3, -0.25) is 4.79 Å². The van der Waals surface area contributed by atoms with E-state index in [1.54, 1.807) is 18.4 Å². The van der Waals surface area contributed by atoms with Gasteiger partial charge in [-0.25, -0.2) is 4.99 Å². The summed E-state index contributed by atoms with van der Waals surface area (Å²) in [5, 5.41) is 6.08. The smallest absolute Gasteiger partial charge is 0.259 e. The van der Waals surface area contributed by atoms with Gasteiger partial charge in [0, 0.05) is 27.7 Å². The number of aliphatic imine (C=N–C) groups is 1. The van der Waals surface area contributed by atoms with Gasteiger partial charge in [-0.15, -0.1) is 11.3 Å². The van der Waals surface area contributed by atoms with Crippen LogP contribution in [0.4, 0.5) is 10.7 Å². The summed E-state index contributed by atoms with van der Waals surface area (Å²) in [6.07, 6.45) is 8.58. The van der Waals surface area contributed by atoms with Gasteiger partial charge < -0.3 is 10.1 Å². The number of ether oxygens (including phenoxy) is 1. The summed E-state index contributed by atoms with van der Waals surface area (Å²) in [5.74, 6) is 0.776. The number of nitrogens with one attached hydrogen (secondary N) is 1. The van der Waals surface area contributed by atoms with Crippen molar-refractivity contribution in [2.24, 2.45) is 4.99 Å². The molecule has 1 heterocycles. The zero-order valence-corrected chi connectivity index (χ0v) is 22.0. The maximum atomic E-state index is 13.7. The van der Waals surface area contributed by atoms with Crippen LogP contribution in [0.3, 0.4) is 0 Å². The van der Waals surface area contributed by atoms with Crippen molar-refractivity contribution >= 4 is 44.9 Å². The van der Waals surface area contributed by atoms with E-state index in [9.17, 15) is 4.79 Å². The molecule has 184 valence electrons. The lowest BCUT2D eigenvalue weighted by atomic mass is 9.96. The molecule has 0 saturated heterocycles. The number of thiophene rings is 1. The number of anilines is 1. The van der Waals surface area contributed by atoms with Crippen LogP contribution in [0, 0.1) is 13.8 Å². The quantitative estimate of drug-likeness (QED) is 0.283. The number of aryl methyl sites for hydroxylation is 3. The minimum Gasteiger partial charge on any atom is -0.496 e. The molecule has 0 radical (unpaired) electrons. The molecule has 0 bridgehead atoms. The van der Waals surface area contributed by atoms with Gasteiger partial charge in [0.2, 0.25) is 0 Å². The van der Waals surface area contributed by atoms with Gasteiger partial charge in [0.05, 0.1) is 12.7 Å². The van der Waals surface area contributed by atoms with Crippen LogP contribution in [0.2, 0.25) is 0 Å². The molecule has 0 spiro atoms. The van der Waals surface area contributed by atoms with E-state index in [2.05, 4.69) is 37.4 Å². The summed E-state index contributed by atoms with van der Waals surface area (Å²) in [7, 11) is 1.69. The SMILES string of the molecule is COc1ccc(C=Nc2sc3c(c2C(=O)Nc2ccc(C)c(C)c2)CCCCCC3)c2ccccc12. The van der Waals surface area contributed by atoms with E-state index >= 15 is 0 Å². The van der Waals surface area contributed by atoms with Crippen molar-refractivity contribution in [2.45, 2.75) is 52.4 Å². The van der Waals surface area contributed by atoms with E-state index in [1.165, 1.54) is 28.8 Å². The van der Waals surface area contributed by atoms with E-state index in [4.69, 9.17) is 9.73 Å². The van der Waals surface area contributed by atoms with Gasteiger partial charge in [0.25, 0.3) is 5.91 Å². The molecule has 1 aliphatic carbocycles. The molecular weight excluding hydrogens is 464 g/mol. The lowest BCUT2D eigenvalue weighted by Crippen LogP contribution is -2.14. The fourth-order valence-electron chi connectivity index (χ4n) is 4.96. The highest BCUT2D eigenvalue weighted by atomic mass is 32.1. The maximum Gasteiger partial charge on any atom is 0.259 e. The van der Waals surface area contributed by atoms with Crippen molar-refractivity contribution in [1.82, 2.24) is 0 Å². The number of fused-ring (bicyclic) bond motifs is 2. The average Bonchev–Trinajstić information content (AvgIpc) is 3.21. The van der Waals surface area contributed by atoms with Crippen LogP contribution in [0.25, 0.3) is 10.8 Å². The summed E-state index contributed by atoms with van der Waals surface area (Å²) in [5.41, 5.74) is 6.14. The molecular formula is C31H32N2O2S. The standard InChI is InChI=1S/C31H32N2O2S/c1-20-14-16-23(18-21(20)2)33-30(34)29-26-12-6-4-5-7-13-28(26)36-31(29)32-19-22-15-17-27(35-3)25-11-9-8-10-24(22)25/h8-11,14-19H,4-7,12-13H2,1-3H3,(H,33,34). The van der Waals surface area contributed by atoms with Gasteiger partial charge in [-0.2, -0.15) is 0 Å². The molecule has 1 amide bonds. The first-order chi connectivity index (χ1) is 17.5. The Morgan fingerprint density at radius 2 is 1.72 bits per heavy atom. The van der Waals surface area contributed by atoms with Crippen LogP contribution in [-0.4, -0.2) is 19.2 Å². The predicted octanol–water partition coefficient (Wildman–Crippen LogP) is 8.19. The van der Waals surface area contributed by atoms with Gasteiger partial charge in [-0.05, 0) is 85.9 Å². The third-order valence-electron chi connectivity index (χ3n) is 7.10. The van der Waals surface area contributed by atoms with Gasteiger partial charge in [-0.1, -0.05) is 43.2 Å². The average molecular weight is 497 g/mol. The second-order valence-electron chi connectivity index (χ2n) is 9.51. The Bertz CT molecular complexity index is 1450. The fraction of sp³-hybridized carbons (Fsp3) is 0.290. The van der Waals surface area contributed by atoms with Crippen LogP contribution < -0.4 is 10.1 Å². The van der Waals surface area contributed by atoms with Crippen molar-refractivity contribution in [3.05, 3.63) is 87.3 Å². The molecule has 5 rings (SSSR count). The van der Waals surface area contributed by atoms with Crippen molar-refractivity contribution in [3.63, 3.8) is 0 Å². The van der Waals surface area contributed by atoms with Crippen LogP contribution in [-0.2, 0) is 12.8 Å². The molecule has 0 fully saturated rings. The highest BCUT2D eigenvalue weighted by Crippen LogP contribution is 2.39. The number of hydrogen-bond acceptors (Lipinski definition) is 4. The highest BCUT2D eigenvalue weighted by Gasteiger charge is 2.24. The topological polar surface area (TPSA) is 50.7 Å². The number of carbonyl (C=O) groups excluding carboxylic acids is 1. The Morgan fingerprint density at radius 3 is 2.50 bits per heavy atom. The van der Waals surface area contributed by atoms with Crippen LogP contribution >= 0.6 is 11.3 Å². The number of benzene rings is 3. The number of amides is 1. The lowest BCUT2D eigenvalue weighted by molar-refractivity contribution is 0.102. The first-order valence-corrected chi connectivity index (χ1v) is 13.5. The summed E-state index contributed by atoms with van der Waals surface area (Å²) in [6, 6.07) is 18.3. The molecule has 1 N–H and O–H groups in total. The largest absolute Gasteiger partial charge is 0.496 e. The van der Waals surface area contributed by atoms with Crippen molar-refractivity contribution in [1.29, 1.82) is 0 Å². The van der Waals surface area contributed by atoms with E-state index < -0.39 is 0 Å². The molecule has 1 aromatic heterocycles. The van der Waals surface area contributed by atoms with Crippen LogP contribution in [0.5, 0.6) is 5.75 Å². The number of nitrogens with zero attached hydrogens (tertiary/aromatic N) is 1. The minimum absolute atomic E-state index is 0.0666. The first kappa shape index (κ1) is 24.3. The number of rotatable bonds is 5. The fourth-order valence-corrected chi connectivity index (χ4v) is 6.19. The van der Waals surface area contributed by atoms with E-state index in [0.29, 0.717) is 0 Å². The molecule has 4 aromatic rings. The number of hydrogen-bond donors (Lipinski definition) is 1. The zero-order valence-electron chi connectivity index (χ0n) is 21.2. The molecule has 3 aromatic carbocycles. The summed E-state index contributed by atoms with van der Waals surface area (Å²) < 4.78 is 5.55. The number of carbonyl (C=O) groups is 1. The summed E-state index contributed by atoms with van der Waals surface area (Å²) in [6.45, 7) is 4.15. The number of methoxy groups -OCH3 is 1. The molecule has 0 unspecified atom stereocenters. The van der Waals surface area contributed by atoms with Gasteiger partial charge in [0.1, 0.15) is 10.8 Å². The van der Waals surface area contributed by atoms with Crippen molar-refractivity contribution in [3.8, 4) is 5.75 Å². The van der Waals surface area contributed by atoms with E-state index in [0.717, 1.165) is 69.6 Å². The third kappa shape index (κ3) is 4.93. The Balaban J connectivity index is 1.55. The normalized spacial score (nSPS) is 13.9. The van der Waals surface area contributed by atoms with Crippen LogP contribution in [0.15, 0.2) is 59.6 Å². The molecule has 5 heteroatoms. The third-order valence-corrected chi connectivity index (χ3v) is 8.30. The predicted molar refractivity (Wildman–Crippen MR) is 152 cm³/mol. The Hall–Kier alpha value is -3.44. The lowest BCUT2D eigenvalue weighted by Gasteiger charge is -2.12. The Morgan fingerprint density at radius 1 is 0.944 bits per heavy atom. The monoisotopic (exact) mass is 496 g/mol. The first-order valence-electron chi connectivity index (χ1n) is 12.7. The molecule has 1 aliphatic rings. The van der Waals surface area contributed by atoms with Crippen molar-refractivity contribution < 1.29 is 9.53 Å². The zero-order chi connectivity index (χ0) is 25.1. The molecule has 0 saturated carbocycles. The highest BCUT2D eigenvalue weighted by molar-refractivity contribution is 7.16. The van der Waals surface area contributed by atoms with Crippen molar-refractivity contribution in [2.75, 3.05) is 12.4 Å². The maximum absolute atomic E-state index is 13.7. The second-order valence-corrected chi connectivity index (χ2v) is 10.6. The summed E-state index contributed by atoms with van der Waals surface area (Å²) >= 11 is 1.68. The molecule has 0 aliphatic heterocycles. The second kappa shape index (κ2) is 10.7.